The van der Waals surface area contributed by atoms with Gasteiger partial charge in [-0.1, -0.05) is 60.7 Å². The van der Waals surface area contributed by atoms with E-state index in [0.717, 1.165) is 11.1 Å². The maximum atomic E-state index is 12.4. The zero-order valence-electron chi connectivity index (χ0n) is 13.6. The fourth-order valence-electron chi connectivity index (χ4n) is 2.87. The Morgan fingerprint density at radius 1 is 1.04 bits per heavy atom. The number of urea groups is 1. The third-order valence-electron chi connectivity index (χ3n) is 4.10. The molecular weight excluding hydrogens is 304 g/mol. The number of carbonyl (C=O) groups excluding carboxylic acids is 2. The first kappa shape index (κ1) is 16.1. The van der Waals surface area contributed by atoms with Gasteiger partial charge in [-0.2, -0.15) is 0 Å². The molecule has 5 nitrogen and oxygen atoms in total. The first-order valence-corrected chi connectivity index (χ1v) is 7.94. The van der Waals surface area contributed by atoms with Gasteiger partial charge in [0.05, 0.1) is 6.04 Å². The summed E-state index contributed by atoms with van der Waals surface area (Å²) in [5.41, 5.74) is 1.98. The van der Waals surface area contributed by atoms with E-state index >= 15 is 0 Å². The van der Waals surface area contributed by atoms with Crippen LogP contribution in [0.15, 0.2) is 60.7 Å². The van der Waals surface area contributed by atoms with Gasteiger partial charge in [0.2, 0.25) is 0 Å². The molecule has 0 N–H and O–H groups in total. The second-order valence-corrected chi connectivity index (χ2v) is 5.92. The predicted octanol–water partition coefficient (Wildman–Crippen LogP) is 3.30. The summed E-state index contributed by atoms with van der Waals surface area (Å²) in [5, 5.41) is 0. The highest BCUT2D eigenvalue weighted by Gasteiger charge is 2.40. The van der Waals surface area contributed by atoms with Crippen molar-refractivity contribution in [2.75, 3.05) is 13.6 Å². The molecule has 1 heterocycles. The van der Waals surface area contributed by atoms with Gasteiger partial charge >= 0.3 is 12.1 Å². The zero-order chi connectivity index (χ0) is 16.9. The summed E-state index contributed by atoms with van der Waals surface area (Å²) in [6.45, 7) is 0.666. The average Bonchev–Trinajstić information content (AvgIpc) is 2.88. The normalized spacial score (nSPS) is 17.2. The van der Waals surface area contributed by atoms with Crippen molar-refractivity contribution in [3.8, 4) is 0 Å². The lowest BCUT2D eigenvalue weighted by Crippen LogP contribution is -2.41. The number of likely N-dealkylation sites (N-methyl/N-ethyl adjacent to an activating group) is 1. The van der Waals surface area contributed by atoms with Gasteiger partial charge in [0.1, 0.15) is 6.61 Å². The van der Waals surface area contributed by atoms with Crippen LogP contribution in [-0.4, -0.2) is 41.6 Å². The van der Waals surface area contributed by atoms with Crippen molar-refractivity contribution >= 4 is 12.1 Å². The topological polar surface area (TPSA) is 49.9 Å². The predicted molar refractivity (Wildman–Crippen MR) is 90.4 cm³/mol. The largest absolute Gasteiger partial charge is 0.444 e. The third kappa shape index (κ3) is 3.56. The highest BCUT2D eigenvalue weighted by atomic mass is 16.6. The Bertz CT molecular complexity index is 703. The Labute approximate surface area is 141 Å². The molecule has 1 aliphatic heterocycles. The van der Waals surface area contributed by atoms with Crippen molar-refractivity contribution in [1.29, 1.82) is 0 Å². The fourth-order valence-corrected chi connectivity index (χ4v) is 2.87. The summed E-state index contributed by atoms with van der Waals surface area (Å²) in [6.07, 6.45) is 0.0336. The average molecular weight is 324 g/mol. The van der Waals surface area contributed by atoms with Gasteiger partial charge in [-0.15, -0.1) is 0 Å². The minimum Gasteiger partial charge on any atom is -0.444 e. The molecule has 3 amide bonds. The van der Waals surface area contributed by atoms with Crippen LogP contribution in [0, 0.1) is 0 Å². The maximum absolute atomic E-state index is 12.4. The van der Waals surface area contributed by atoms with Crippen LogP contribution in [-0.2, 0) is 17.8 Å². The highest BCUT2D eigenvalue weighted by molar-refractivity contribution is 5.93. The number of benzene rings is 2. The van der Waals surface area contributed by atoms with E-state index in [1.165, 1.54) is 4.90 Å². The van der Waals surface area contributed by atoms with Gasteiger partial charge in [0, 0.05) is 13.6 Å². The van der Waals surface area contributed by atoms with Crippen molar-refractivity contribution in [3.05, 3.63) is 71.8 Å². The van der Waals surface area contributed by atoms with Gasteiger partial charge in [-0.3, -0.25) is 0 Å². The van der Waals surface area contributed by atoms with Crippen molar-refractivity contribution in [2.24, 2.45) is 0 Å². The quantitative estimate of drug-likeness (QED) is 0.867. The van der Waals surface area contributed by atoms with E-state index < -0.39 is 6.09 Å². The molecule has 0 spiro atoms. The lowest BCUT2D eigenvalue weighted by atomic mass is 10.1. The van der Waals surface area contributed by atoms with Crippen molar-refractivity contribution in [1.82, 2.24) is 9.80 Å². The Kier molecular flexibility index (Phi) is 4.79. The Morgan fingerprint density at radius 2 is 1.62 bits per heavy atom. The molecule has 1 atom stereocenters. The van der Waals surface area contributed by atoms with Crippen molar-refractivity contribution in [3.63, 3.8) is 0 Å². The maximum Gasteiger partial charge on any atom is 0.418 e. The summed E-state index contributed by atoms with van der Waals surface area (Å²) < 4.78 is 5.34. The number of nitrogens with zero attached hydrogens (tertiary/aromatic N) is 2. The van der Waals surface area contributed by atoms with Gasteiger partial charge in [0.25, 0.3) is 0 Å². The van der Waals surface area contributed by atoms with Crippen molar-refractivity contribution < 1.29 is 14.3 Å². The van der Waals surface area contributed by atoms with Crippen LogP contribution in [0.5, 0.6) is 0 Å². The summed E-state index contributed by atoms with van der Waals surface area (Å²) in [5.74, 6) is 0. The molecule has 0 aliphatic carbocycles. The third-order valence-corrected chi connectivity index (χ3v) is 4.10. The number of amides is 3. The molecule has 0 bridgehead atoms. The second-order valence-electron chi connectivity index (χ2n) is 5.92. The van der Waals surface area contributed by atoms with Crippen LogP contribution in [0.1, 0.15) is 11.1 Å². The molecule has 0 saturated carbocycles. The van der Waals surface area contributed by atoms with Crippen molar-refractivity contribution in [2.45, 2.75) is 19.1 Å². The van der Waals surface area contributed by atoms with E-state index in [1.54, 1.807) is 11.9 Å². The van der Waals surface area contributed by atoms with Crippen LogP contribution in [0.4, 0.5) is 9.59 Å². The molecule has 124 valence electrons. The van der Waals surface area contributed by atoms with E-state index in [-0.39, 0.29) is 18.7 Å². The highest BCUT2D eigenvalue weighted by Crippen LogP contribution is 2.20. The molecule has 2 aromatic carbocycles. The first-order valence-electron chi connectivity index (χ1n) is 7.94. The van der Waals surface area contributed by atoms with Crippen LogP contribution in [0.25, 0.3) is 0 Å². The minimum absolute atomic E-state index is 0.158. The molecule has 0 radical (unpaired) electrons. The molecule has 3 rings (SSSR count). The standard InChI is InChI=1S/C19H20N2O3/c1-20-13-17(12-15-8-4-2-5-9-15)21(18(20)22)19(23)24-14-16-10-6-3-7-11-16/h2-11,17H,12-14H2,1H3/t17-/m1/s1. The molecule has 1 saturated heterocycles. The number of imide groups is 1. The van der Waals surface area contributed by atoms with E-state index in [0.29, 0.717) is 13.0 Å². The molecule has 2 aromatic rings. The first-order chi connectivity index (χ1) is 11.6. The molecule has 24 heavy (non-hydrogen) atoms. The van der Waals surface area contributed by atoms with Gasteiger partial charge < -0.3 is 9.64 Å². The summed E-state index contributed by atoms with van der Waals surface area (Å²) in [7, 11) is 1.70. The molecule has 0 unspecified atom stereocenters. The number of carbonyl (C=O) groups is 2. The Balaban J connectivity index is 1.68. The lowest BCUT2D eigenvalue weighted by Gasteiger charge is -2.20. The second kappa shape index (κ2) is 7.17. The van der Waals surface area contributed by atoms with Crippen LogP contribution in [0.2, 0.25) is 0 Å². The van der Waals surface area contributed by atoms with E-state index in [1.807, 2.05) is 60.7 Å². The number of ether oxygens (including phenoxy) is 1. The fraction of sp³-hybridized carbons (Fsp3) is 0.263. The minimum atomic E-state index is -0.589. The van der Waals surface area contributed by atoms with Gasteiger partial charge in [0.15, 0.2) is 0 Å². The Hall–Kier alpha value is -2.82. The lowest BCUT2D eigenvalue weighted by molar-refractivity contribution is 0.100. The van der Waals surface area contributed by atoms with Crippen LogP contribution < -0.4 is 0 Å². The smallest absolute Gasteiger partial charge is 0.418 e. The van der Waals surface area contributed by atoms with E-state index in [9.17, 15) is 9.59 Å². The Morgan fingerprint density at radius 3 is 2.25 bits per heavy atom. The van der Waals surface area contributed by atoms with E-state index in [2.05, 4.69) is 0 Å². The SMILES string of the molecule is CN1C[C@@H](Cc2ccccc2)N(C(=O)OCc2ccccc2)C1=O. The number of hydrogen-bond donors (Lipinski definition) is 0. The molecule has 0 aromatic heterocycles. The number of hydrogen-bond acceptors (Lipinski definition) is 3. The monoisotopic (exact) mass is 324 g/mol. The molecule has 5 heteroatoms. The summed E-state index contributed by atoms with van der Waals surface area (Å²) in [4.78, 5) is 27.5. The summed E-state index contributed by atoms with van der Waals surface area (Å²) in [6, 6.07) is 18.8. The van der Waals surface area contributed by atoms with Gasteiger partial charge in [-0.25, -0.2) is 14.5 Å². The molecular formula is C19H20N2O3. The molecule has 1 fully saturated rings. The van der Waals surface area contributed by atoms with Crippen LogP contribution in [0.3, 0.4) is 0 Å². The van der Waals surface area contributed by atoms with Gasteiger partial charge in [-0.05, 0) is 17.5 Å². The molecule has 1 aliphatic rings. The zero-order valence-corrected chi connectivity index (χ0v) is 13.6. The summed E-state index contributed by atoms with van der Waals surface area (Å²) >= 11 is 0. The number of rotatable bonds is 4. The van der Waals surface area contributed by atoms with Crippen LogP contribution >= 0.6 is 0 Å². The van der Waals surface area contributed by atoms with E-state index in [4.69, 9.17) is 4.74 Å².